The summed E-state index contributed by atoms with van der Waals surface area (Å²) in [5, 5.41) is 1.21. The number of fused-ring (bicyclic) bond motifs is 1. The SMILES string of the molecule is CCn1c(CON)cc2cc(Br)ccc21. The molecule has 1 aromatic heterocycles. The van der Waals surface area contributed by atoms with Gasteiger partial charge in [-0.15, -0.1) is 0 Å². The van der Waals surface area contributed by atoms with Gasteiger partial charge in [0.05, 0.1) is 0 Å². The lowest BCUT2D eigenvalue weighted by atomic mass is 10.2. The van der Waals surface area contributed by atoms with E-state index < -0.39 is 0 Å². The number of rotatable bonds is 3. The molecule has 2 N–H and O–H groups in total. The topological polar surface area (TPSA) is 40.2 Å². The molecule has 4 heteroatoms. The van der Waals surface area contributed by atoms with Crippen LogP contribution in [-0.4, -0.2) is 4.57 Å². The fraction of sp³-hybridized carbons (Fsp3) is 0.273. The van der Waals surface area contributed by atoms with Crippen LogP contribution in [0.4, 0.5) is 0 Å². The first kappa shape index (κ1) is 10.7. The molecule has 0 atom stereocenters. The second-order valence-electron chi connectivity index (χ2n) is 3.39. The van der Waals surface area contributed by atoms with Gasteiger partial charge in [0.2, 0.25) is 0 Å². The summed E-state index contributed by atoms with van der Waals surface area (Å²) in [6, 6.07) is 8.35. The van der Waals surface area contributed by atoms with Crippen LogP contribution < -0.4 is 5.90 Å². The maximum Gasteiger partial charge on any atom is 0.108 e. The summed E-state index contributed by atoms with van der Waals surface area (Å²) < 4.78 is 3.29. The Balaban J connectivity index is 2.62. The molecule has 0 unspecified atom stereocenters. The van der Waals surface area contributed by atoms with E-state index in [1.54, 1.807) is 0 Å². The molecule has 15 heavy (non-hydrogen) atoms. The van der Waals surface area contributed by atoms with Crippen LogP contribution in [0.5, 0.6) is 0 Å². The number of halogens is 1. The quantitative estimate of drug-likeness (QED) is 0.870. The van der Waals surface area contributed by atoms with Gasteiger partial charge in [0.15, 0.2) is 0 Å². The Kier molecular flexibility index (Phi) is 3.09. The fourth-order valence-electron chi connectivity index (χ4n) is 1.88. The molecule has 3 nitrogen and oxygen atoms in total. The number of aryl methyl sites for hydroxylation is 1. The Bertz CT molecular complexity index is 479. The lowest BCUT2D eigenvalue weighted by molar-refractivity contribution is 0.119. The van der Waals surface area contributed by atoms with Crippen molar-refractivity contribution in [2.45, 2.75) is 20.1 Å². The molecule has 0 bridgehead atoms. The number of hydrogen-bond acceptors (Lipinski definition) is 2. The van der Waals surface area contributed by atoms with Gasteiger partial charge in [0, 0.05) is 27.6 Å². The lowest BCUT2D eigenvalue weighted by Crippen LogP contribution is -2.05. The highest BCUT2D eigenvalue weighted by Crippen LogP contribution is 2.24. The summed E-state index contributed by atoms with van der Waals surface area (Å²) in [4.78, 5) is 4.70. The van der Waals surface area contributed by atoms with Gasteiger partial charge in [0.25, 0.3) is 0 Å². The predicted octanol–water partition coefficient (Wildman–Crippen LogP) is 2.81. The first-order valence-corrected chi connectivity index (χ1v) is 5.65. The molecule has 80 valence electrons. The number of hydrogen-bond donors (Lipinski definition) is 1. The Morgan fingerprint density at radius 1 is 1.40 bits per heavy atom. The van der Waals surface area contributed by atoms with Crippen LogP contribution in [0.1, 0.15) is 12.6 Å². The van der Waals surface area contributed by atoms with Gasteiger partial charge in [-0.1, -0.05) is 15.9 Å². The van der Waals surface area contributed by atoms with Crippen molar-refractivity contribution in [3.8, 4) is 0 Å². The average molecular weight is 269 g/mol. The van der Waals surface area contributed by atoms with Crippen LogP contribution >= 0.6 is 15.9 Å². The van der Waals surface area contributed by atoms with Crippen molar-refractivity contribution in [1.82, 2.24) is 4.57 Å². The van der Waals surface area contributed by atoms with Crippen LogP contribution in [-0.2, 0) is 18.0 Å². The normalized spacial score (nSPS) is 11.1. The van der Waals surface area contributed by atoms with Gasteiger partial charge in [-0.05, 0) is 31.2 Å². The fourth-order valence-corrected chi connectivity index (χ4v) is 2.26. The number of nitrogens with two attached hydrogens (primary N) is 1. The van der Waals surface area contributed by atoms with Crippen LogP contribution in [0.15, 0.2) is 28.7 Å². The van der Waals surface area contributed by atoms with Gasteiger partial charge in [-0.25, -0.2) is 5.90 Å². The van der Waals surface area contributed by atoms with Crippen LogP contribution in [0, 0.1) is 0 Å². The molecular formula is C11H13BrN2O. The van der Waals surface area contributed by atoms with Gasteiger partial charge in [-0.2, -0.15) is 0 Å². The molecule has 2 aromatic rings. The van der Waals surface area contributed by atoms with Crippen molar-refractivity contribution in [2.24, 2.45) is 5.90 Å². The first-order chi connectivity index (χ1) is 7.26. The van der Waals surface area contributed by atoms with E-state index in [-0.39, 0.29) is 0 Å². The van der Waals surface area contributed by atoms with Crippen molar-refractivity contribution < 1.29 is 4.84 Å². The molecule has 1 heterocycles. The molecular weight excluding hydrogens is 256 g/mol. The van der Waals surface area contributed by atoms with Crippen molar-refractivity contribution >= 4 is 26.8 Å². The van der Waals surface area contributed by atoms with Gasteiger partial charge in [-0.3, -0.25) is 4.84 Å². The molecule has 0 radical (unpaired) electrons. The van der Waals surface area contributed by atoms with E-state index in [1.165, 1.54) is 10.9 Å². The summed E-state index contributed by atoms with van der Waals surface area (Å²) in [6.45, 7) is 3.48. The van der Waals surface area contributed by atoms with Crippen LogP contribution in [0.3, 0.4) is 0 Å². The second kappa shape index (κ2) is 4.35. The third-order valence-electron chi connectivity index (χ3n) is 2.50. The minimum Gasteiger partial charge on any atom is -0.343 e. The molecule has 2 rings (SSSR count). The van der Waals surface area contributed by atoms with Crippen LogP contribution in [0.2, 0.25) is 0 Å². The van der Waals surface area contributed by atoms with Gasteiger partial charge >= 0.3 is 0 Å². The van der Waals surface area contributed by atoms with Crippen molar-refractivity contribution in [1.29, 1.82) is 0 Å². The molecule has 0 saturated heterocycles. The van der Waals surface area contributed by atoms with E-state index in [0.29, 0.717) is 6.61 Å². The molecule has 0 aliphatic rings. The van der Waals surface area contributed by atoms with Crippen molar-refractivity contribution in [3.05, 3.63) is 34.4 Å². The Morgan fingerprint density at radius 2 is 2.20 bits per heavy atom. The average Bonchev–Trinajstić information content (AvgIpc) is 2.54. The number of nitrogens with zero attached hydrogens (tertiary/aromatic N) is 1. The minimum atomic E-state index is 0.445. The number of benzene rings is 1. The highest BCUT2D eigenvalue weighted by molar-refractivity contribution is 9.10. The molecule has 0 spiro atoms. The Labute approximate surface area is 96.9 Å². The van der Waals surface area contributed by atoms with Crippen LogP contribution in [0.25, 0.3) is 10.9 Å². The summed E-state index contributed by atoms with van der Waals surface area (Å²) in [6.07, 6.45) is 0. The zero-order valence-corrected chi connectivity index (χ0v) is 10.1. The number of aromatic nitrogens is 1. The highest BCUT2D eigenvalue weighted by atomic mass is 79.9. The summed E-state index contributed by atoms with van der Waals surface area (Å²) in [7, 11) is 0. The highest BCUT2D eigenvalue weighted by Gasteiger charge is 2.07. The second-order valence-corrected chi connectivity index (χ2v) is 4.31. The first-order valence-electron chi connectivity index (χ1n) is 4.85. The summed E-state index contributed by atoms with van der Waals surface area (Å²) in [5.41, 5.74) is 2.32. The Hall–Kier alpha value is -0.840. The Morgan fingerprint density at radius 3 is 2.87 bits per heavy atom. The van der Waals surface area contributed by atoms with Gasteiger partial charge in [0.1, 0.15) is 6.61 Å². The third-order valence-corrected chi connectivity index (χ3v) is 2.99. The van der Waals surface area contributed by atoms with E-state index >= 15 is 0 Å². The molecule has 1 aromatic carbocycles. The summed E-state index contributed by atoms with van der Waals surface area (Å²) >= 11 is 3.46. The van der Waals surface area contributed by atoms with Crippen molar-refractivity contribution in [3.63, 3.8) is 0 Å². The maximum atomic E-state index is 5.11. The van der Waals surface area contributed by atoms with Gasteiger partial charge < -0.3 is 4.57 Å². The largest absolute Gasteiger partial charge is 0.343 e. The third kappa shape index (κ3) is 1.93. The smallest absolute Gasteiger partial charge is 0.108 e. The predicted molar refractivity (Wildman–Crippen MR) is 64.3 cm³/mol. The molecule has 0 amide bonds. The van der Waals surface area contributed by atoms with E-state index in [0.717, 1.165) is 16.7 Å². The van der Waals surface area contributed by atoms with E-state index in [1.807, 2.05) is 6.07 Å². The minimum absolute atomic E-state index is 0.445. The standard InChI is InChI=1S/C11H13BrN2O/c1-2-14-10(7-15-13)6-8-5-9(12)3-4-11(8)14/h3-6H,2,7,13H2,1H3. The summed E-state index contributed by atoms with van der Waals surface area (Å²) in [5.74, 6) is 5.11. The van der Waals surface area contributed by atoms with E-state index in [4.69, 9.17) is 10.7 Å². The molecule has 0 aliphatic carbocycles. The molecule has 0 fully saturated rings. The maximum absolute atomic E-state index is 5.11. The zero-order valence-electron chi connectivity index (χ0n) is 8.53. The molecule has 0 aliphatic heterocycles. The lowest BCUT2D eigenvalue weighted by Gasteiger charge is -2.06. The van der Waals surface area contributed by atoms with E-state index in [9.17, 15) is 0 Å². The zero-order chi connectivity index (χ0) is 10.8. The monoisotopic (exact) mass is 268 g/mol. The van der Waals surface area contributed by atoms with Crippen molar-refractivity contribution in [2.75, 3.05) is 0 Å². The molecule has 0 saturated carbocycles. The van der Waals surface area contributed by atoms with E-state index in [2.05, 4.69) is 45.6 Å².